The van der Waals surface area contributed by atoms with Gasteiger partial charge in [0.15, 0.2) is 11.5 Å². The minimum absolute atomic E-state index is 0.403. The van der Waals surface area contributed by atoms with E-state index in [1.807, 2.05) is 28.8 Å². The average molecular weight is 446 g/mol. The Labute approximate surface area is 192 Å². The van der Waals surface area contributed by atoms with E-state index in [2.05, 4.69) is 62.1 Å². The molecule has 0 atom stereocenters. The summed E-state index contributed by atoms with van der Waals surface area (Å²) in [6.45, 7) is 2.66. The van der Waals surface area contributed by atoms with Gasteiger partial charge in [0.2, 0.25) is 5.82 Å². The molecule has 33 heavy (non-hydrogen) atoms. The molecule has 2 N–H and O–H groups in total. The third-order valence-corrected chi connectivity index (χ3v) is 5.54. The molecule has 0 radical (unpaired) electrons. The number of nitrogens with zero attached hydrogens (tertiary/aromatic N) is 5. The van der Waals surface area contributed by atoms with Gasteiger partial charge in [-0.3, -0.25) is 0 Å². The molecule has 0 bridgehead atoms. The van der Waals surface area contributed by atoms with Crippen molar-refractivity contribution in [1.82, 2.24) is 30.2 Å². The summed E-state index contributed by atoms with van der Waals surface area (Å²) in [4.78, 5) is 17.2. The fourth-order valence-corrected chi connectivity index (χ4v) is 3.85. The van der Waals surface area contributed by atoms with Gasteiger partial charge in [-0.25, -0.2) is 9.78 Å². The van der Waals surface area contributed by atoms with E-state index in [4.69, 9.17) is 4.74 Å². The molecular weight excluding hydrogens is 418 g/mol. The Morgan fingerprint density at radius 2 is 1.88 bits per heavy atom. The van der Waals surface area contributed by atoms with Gasteiger partial charge < -0.3 is 14.6 Å². The third kappa shape index (κ3) is 4.62. The van der Waals surface area contributed by atoms with E-state index >= 15 is 0 Å². The summed E-state index contributed by atoms with van der Waals surface area (Å²) in [5.41, 5.74) is 4.46. The first kappa shape index (κ1) is 22.2. The second-order valence-electron chi connectivity index (χ2n) is 7.63. The number of nitrogens with one attached hydrogen (secondary N) is 2. The second kappa shape index (κ2) is 10.1. The van der Waals surface area contributed by atoms with Gasteiger partial charge in [-0.15, -0.1) is 10.2 Å². The molecule has 4 aromatic rings. The highest BCUT2D eigenvalue weighted by molar-refractivity contribution is 5.93. The predicted octanol–water partition coefficient (Wildman–Crippen LogP) is 3.95. The Bertz CT molecular complexity index is 1210. The number of esters is 1. The van der Waals surface area contributed by atoms with E-state index in [1.165, 1.54) is 7.11 Å². The van der Waals surface area contributed by atoms with Crippen LogP contribution in [-0.2, 0) is 17.7 Å². The second-order valence-corrected chi connectivity index (χ2v) is 7.63. The number of H-pyrrole nitrogens is 1. The summed E-state index contributed by atoms with van der Waals surface area (Å²) in [5, 5.41) is 17.4. The van der Waals surface area contributed by atoms with E-state index < -0.39 is 5.97 Å². The molecule has 4 rings (SSSR count). The van der Waals surface area contributed by atoms with Gasteiger partial charge in [0.1, 0.15) is 5.82 Å². The van der Waals surface area contributed by atoms with Crippen molar-refractivity contribution in [3.8, 4) is 22.5 Å². The number of carbonyl (C=O) groups is 1. The first-order valence-corrected chi connectivity index (χ1v) is 10.9. The van der Waals surface area contributed by atoms with Crippen LogP contribution < -0.4 is 5.32 Å². The van der Waals surface area contributed by atoms with Gasteiger partial charge >= 0.3 is 5.97 Å². The number of ether oxygens (including phenoxy) is 1. The van der Waals surface area contributed by atoms with Crippen LogP contribution in [0.4, 0.5) is 5.82 Å². The van der Waals surface area contributed by atoms with Gasteiger partial charge in [0, 0.05) is 25.6 Å². The van der Waals surface area contributed by atoms with Gasteiger partial charge in [-0.2, -0.15) is 5.21 Å². The number of aromatic amines is 1. The highest BCUT2D eigenvalue weighted by Gasteiger charge is 2.23. The number of hydrogen-bond donors (Lipinski definition) is 2. The number of benzene rings is 2. The predicted molar refractivity (Wildman–Crippen MR) is 126 cm³/mol. The van der Waals surface area contributed by atoms with Crippen LogP contribution in [0.2, 0.25) is 0 Å². The molecule has 2 heterocycles. The molecule has 9 nitrogen and oxygen atoms in total. The largest absolute Gasteiger partial charge is 0.464 e. The number of aryl methyl sites for hydroxylation is 1. The number of aromatic nitrogens is 6. The number of rotatable bonds is 9. The average Bonchev–Trinajstić information content (AvgIpc) is 3.51. The Morgan fingerprint density at radius 3 is 2.52 bits per heavy atom. The molecule has 0 aliphatic heterocycles. The maximum absolute atomic E-state index is 12.5. The number of unbranched alkanes of at least 4 members (excludes halogenated alkanes) is 1. The van der Waals surface area contributed by atoms with Gasteiger partial charge in [0.25, 0.3) is 0 Å². The van der Waals surface area contributed by atoms with Crippen molar-refractivity contribution in [3.63, 3.8) is 0 Å². The maximum atomic E-state index is 12.5. The van der Waals surface area contributed by atoms with Crippen molar-refractivity contribution in [2.75, 3.05) is 19.5 Å². The minimum Gasteiger partial charge on any atom is -0.464 e. The number of imidazole rings is 1. The number of carbonyl (C=O) groups excluding carboxylic acids is 1. The van der Waals surface area contributed by atoms with Crippen molar-refractivity contribution in [1.29, 1.82) is 0 Å². The minimum atomic E-state index is -0.403. The lowest BCUT2D eigenvalue weighted by Crippen LogP contribution is -2.15. The van der Waals surface area contributed by atoms with E-state index in [1.54, 1.807) is 7.05 Å². The molecule has 170 valence electrons. The van der Waals surface area contributed by atoms with Crippen LogP contribution in [0.1, 0.15) is 41.6 Å². The SMILES string of the molecule is CCCCc1nc(NC)c(C(=O)OC)n1Cc1ccc(-c2ccccc2-c2nn[nH]n2)cc1. The Hall–Kier alpha value is -4.01. The molecule has 0 saturated carbocycles. The van der Waals surface area contributed by atoms with Crippen molar-refractivity contribution in [3.05, 3.63) is 65.6 Å². The Kier molecular flexibility index (Phi) is 6.77. The Balaban J connectivity index is 1.67. The molecular formula is C24H27N7O2. The molecule has 0 fully saturated rings. The summed E-state index contributed by atoms with van der Waals surface area (Å²) < 4.78 is 7.00. The van der Waals surface area contributed by atoms with Crippen molar-refractivity contribution < 1.29 is 9.53 Å². The number of hydrogen-bond acceptors (Lipinski definition) is 7. The van der Waals surface area contributed by atoms with Crippen molar-refractivity contribution >= 4 is 11.8 Å². The van der Waals surface area contributed by atoms with Gasteiger partial charge in [0.05, 0.1) is 7.11 Å². The molecule has 0 saturated heterocycles. The molecule has 0 spiro atoms. The first-order chi connectivity index (χ1) is 16.2. The normalized spacial score (nSPS) is 10.9. The maximum Gasteiger partial charge on any atom is 0.358 e. The molecule has 0 aliphatic carbocycles. The number of tetrazole rings is 1. The lowest BCUT2D eigenvalue weighted by Gasteiger charge is -2.13. The molecule has 0 amide bonds. The fourth-order valence-electron chi connectivity index (χ4n) is 3.85. The zero-order chi connectivity index (χ0) is 23.2. The highest BCUT2D eigenvalue weighted by atomic mass is 16.5. The standard InChI is InChI=1S/C24H27N7O2/c1-4-5-10-20-26-23(25-2)21(24(32)33-3)31(20)15-16-11-13-17(14-12-16)18-8-6-7-9-19(18)22-27-29-30-28-22/h6-9,11-14,25H,4-5,10,15H2,1-3H3,(H,27,28,29,30). The van der Waals surface area contributed by atoms with E-state index in [9.17, 15) is 4.79 Å². The van der Waals surface area contributed by atoms with Crippen LogP contribution in [-0.4, -0.2) is 50.3 Å². The lowest BCUT2D eigenvalue weighted by molar-refractivity contribution is 0.0590. The van der Waals surface area contributed by atoms with Gasteiger partial charge in [-0.1, -0.05) is 61.9 Å². The fraction of sp³-hybridized carbons (Fsp3) is 0.292. The lowest BCUT2D eigenvalue weighted by atomic mass is 9.98. The molecule has 0 unspecified atom stereocenters. The van der Waals surface area contributed by atoms with E-state index in [-0.39, 0.29) is 0 Å². The summed E-state index contributed by atoms with van der Waals surface area (Å²) in [7, 11) is 3.15. The van der Waals surface area contributed by atoms with Crippen LogP contribution in [0.3, 0.4) is 0 Å². The topological polar surface area (TPSA) is 111 Å². The van der Waals surface area contributed by atoms with Crippen LogP contribution in [0, 0.1) is 0 Å². The van der Waals surface area contributed by atoms with E-state index in [0.29, 0.717) is 23.9 Å². The molecule has 2 aromatic heterocycles. The number of anilines is 1. The zero-order valence-electron chi connectivity index (χ0n) is 19.0. The van der Waals surface area contributed by atoms with Crippen molar-refractivity contribution in [2.45, 2.75) is 32.7 Å². The monoisotopic (exact) mass is 445 g/mol. The quantitative estimate of drug-likeness (QED) is 0.375. The highest BCUT2D eigenvalue weighted by Crippen LogP contribution is 2.30. The van der Waals surface area contributed by atoms with Crippen LogP contribution in [0.5, 0.6) is 0 Å². The van der Waals surface area contributed by atoms with Crippen LogP contribution in [0.15, 0.2) is 48.5 Å². The summed E-state index contributed by atoms with van der Waals surface area (Å²) in [5.74, 6) is 1.56. The number of methoxy groups -OCH3 is 1. The Morgan fingerprint density at radius 1 is 1.12 bits per heavy atom. The molecule has 0 aliphatic rings. The van der Waals surface area contributed by atoms with Crippen LogP contribution >= 0.6 is 0 Å². The van der Waals surface area contributed by atoms with Gasteiger partial charge in [-0.05, 0) is 28.3 Å². The first-order valence-electron chi connectivity index (χ1n) is 10.9. The molecule has 9 heteroatoms. The van der Waals surface area contributed by atoms with E-state index in [0.717, 1.165) is 47.3 Å². The smallest absolute Gasteiger partial charge is 0.358 e. The third-order valence-electron chi connectivity index (χ3n) is 5.54. The summed E-state index contributed by atoms with van der Waals surface area (Å²) in [6.07, 6.45) is 2.83. The van der Waals surface area contributed by atoms with Crippen LogP contribution in [0.25, 0.3) is 22.5 Å². The zero-order valence-corrected chi connectivity index (χ0v) is 19.0. The van der Waals surface area contributed by atoms with Crippen molar-refractivity contribution in [2.24, 2.45) is 0 Å². The summed E-state index contributed by atoms with van der Waals surface area (Å²) in [6, 6.07) is 16.2. The molecule has 2 aromatic carbocycles. The summed E-state index contributed by atoms with van der Waals surface area (Å²) >= 11 is 0.